The molecule has 2 atom stereocenters. The first kappa shape index (κ1) is 19.6. The summed E-state index contributed by atoms with van der Waals surface area (Å²) in [5, 5.41) is 4.08. The maximum Gasteiger partial charge on any atom is 0.227 e. The maximum atomic E-state index is 12.7. The van der Waals surface area contributed by atoms with Gasteiger partial charge in [-0.15, -0.1) is 0 Å². The Morgan fingerprint density at radius 3 is 2.63 bits per heavy atom. The number of rotatable bonds is 3. The Balaban J connectivity index is 1.18. The van der Waals surface area contributed by atoms with Crippen LogP contribution in [-0.2, 0) is 34.0 Å². The number of hydrogen-bond acceptors (Lipinski definition) is 6. The molecule has 0 spiro atoms. The van der Waals surface area contributed by atoms with E-state index in [9.17, 15) is 13.2 Å². The first-order valence-corrected chi connectivity index (χ1v) is 12.8. The lowest BCUT2D eigenvalue weighted by atomic mass is 9.99. The lowest BCUT2D eigenvalue weighted by Crippen LogP contribution is -2.36. The number of sulfone groups is 1. The normalized spacial score (nSPS) is 24.1. The van der Waals surface area contributed by atoms with Crippen molar-refractivity contribution in [2.45, 2.75) is 30.7 Å². The molecule has 30 heavy (non-hydrogen) atoms. The third kappa shape index (κ3) is 4.11. The highest BCUT2D eigenvalue weighted by molar-refractivity contribution is 8.15. The molecule has 1 fully saturated rings. The lowest BCUT2D eigenvalue weighted by Gasteiger charge is -2.29. The highest BCUT2D eigenvalue weighted by Gasteiger charge is 2.42. The van der Waals surface area contributed by atoms with Gasteiger partial charge >= 0.3 is 0 Å². The quantitative estimate of drug-likeness (QED) is 0.792. The van der Waals surface area contributed by atoms with Gasteiger partial charge in [0.15, 0.2) is 15.0 Å². The molecular formula is C22H23N3O3S2. The number of carbonyl (C=O) groups excluding carboxylic acids is 1. The molecule has 3 heterocycles. The minimum atomic E-state index is -2.94. The van der Waals surface area contributed by atoms with E-state index in [1.165, 1.54) is 22.9 Å². The fourth-order valence-corrected chi connectivity index (χ4v) is 7.92. The average molecular weight is 442 g/mol. The van der Waals surface area contributed by atoms with Crippen LogP contribution in [-0.4, -0.2) is 53.7 Å². The Labute approximate surface area is 180 Å². The van der Waals surface area contributed by atoms with Crippen molar-refractivity contribution in [1.29, 1.82) is 0 Å². The third-order valence-corrected chi connectivity index (χ3v) is 9.00. The number of benzene rings is 2. The molecule has 1 saturated heterocycles. The van der Waals surface area contributed by atoms with E-state index >= 15 is 0 Å². The molecule has 6 nitrogen and oxygen atoms in total. The van der Waals surface area contributed by atoms with Gasteiger partial charge in [0.25, 0.3) is 0 Å². The van der Waals surface area contributed by atoms with Crippen LogP contribution in [0.2, 0.25) is 0 Å². The summed E-state index contributed by atoms with van der Waals surface area (Å²) in [6.45, 7) is 1.45. The van der Waals surface area contributed by atoms with Gasteiger partial charge in [0.1, 0.15) is 0 Å². The van der Waals surface area contributed by atoms with Crippen LogP contribution < -0.4 is 5.32 Å². The smallest absolute Gasteiger partial charge is 0.227 e. The minimum Gasteiger partial charge on any atom is -0.338 e. The fourth-order valence-electron chi connectivity index (χ4n) is 4.24. The van der Waals surface area contributed by atoms with Crippen LogP contribution in [0.4, 0.5) is 5.69 Å². The van der Waals surface area contributed by atoms with E-state index in [2.05, 4.69) is 28.5 Å². The number of thioether (sulfide) groups is 1. The molecule has 5 rings (SSSR count). The zero-order valence-electron chi connectivity index (χ0n) is 16.5. The van der Waals surface area contributed by atoms with Gasteiger partial charge in [0, 0.05) is 24.0 Å². The number of aliphatic imine (C=N–C) groups is 1. The molecule has 3 aliphatic heterocycles. The summed E-state index contributed by atoms with van der Waals surface area (Å²) < 4.78 is 23.4. The number of amidine groups is 1. The molecule has 0 aliphatic carbocycles. The lowest BCUT2D eigenvalue weighted by molar-refractivity contribution is -0.131. The van der Waals surface area contributed by atoms with Gasteiger partial charge in [-0.1, -0.05) is 48.2 Å². The number of anilines is 1. The zero-order valence-corrected chi connectivity index (χ0v) is 18.1. The van der Waals surface area contributed by atoms with E-state index in [1.807, 2.05) is 35.2 Å². The molecule has 3 aliphatic rings. The molecule has 156 valence electrons. The van der Waals surface area contributed by atoms with Crippen molar-refractivity contribution < 1.29 is 13.2 Å². The van der Waals surface area contributed by atoms with Crippen LogP contribution in [0.3, 0.4) is 0 Å². The van der Waals surface area contributed by atoms with Gasteiger partial charge in [0.05, 0.1) is 24.0 Å². The van der Waals surface area contributed by atoms with Crippen LogP contribution >= 0.6 is 11.8 Å². The average Bonchev–Trinajstić information content (AvgIpc) is 3.21. The van der Waals surface area contributed by atoms with Gasteiger partial charge in [-0.2, -0.15) is 0 Å². The Hall–Kier alpha value is -2.32. The molecule has 0 radical (unpaired) electrons. The molecule has 0 unspecified atom stereocenters. The van der Waals surface area contributed by atoms with Gasteiger partial charge < -0.3 is 10.2 Å². The predicted molar refractivity (Wildman–Crippen MR) is 121 cm³/mol. The van der Waals surface area contributed by atoms with Crippen molar-refractivity contribution in [3.05, 3.63) is 65.2 Å². The SMILES string of the molecule is O=C(Cc1ccc(NC2=N[C@H]3CS(=O)(=O)C[C@@H]3S2)cc1)N1CCc2ccccc2C1. The topological polar surface area (TPSA) is 78.8 Å². The monoisotopic (exact) mass is 441 g/mol. The van der Waals surface area contributed by atoms with E-state index in [0.29, 0.717) is 13.0 Å². The second-order valence-corrected chi connectivity index (χ2v) is 11.4. The van der Waals surface area contributed by atoms with Crippen molar-refractivity contribution in [3.63, 3.8) is 0 Å². The largest absolute Gasteiger partial charge is 0.338 e. The Morgan fingerprint density at radius 2 is 1.87 bits per heavy atom. The summed E-state index contributed by atoms with van der Waals surface area (Å²) in [6.07, 6.45) is 1.30. The molecule has 1 N–H and O–H groups in total. The summed E-state index contributed by atoms with van der Waals surface area (Å²) in [4.78, 5) is 19.2. The number of hydrogen-bond donors (Lipinski definition) is 1. The molecule has 1 amide bonds. The van der Waals surface area contributed by atoms with Crippen molar-refractivity contribution in [2.24, 2.45) is 4.99 Å². The summed E-state index contributed by atoms with van der Waals surface area (Å²) in [7, 11) is -2.94. The van der Waals surface area contributed by atoms with Gasteiger partial charge in [0.2, 0.25) is 5.91 Å². The maximum absolute atomic E-state index is 12.7. The van der Waals surface area contributed by atoms with E-state index < -0.39 is 9.84 Å². The Bertz CT molecular complexity index is 1110. The first-order chi connectivity index (χ1) is 14.4. The van der Waals surface area contributed by atoms with Crippen LogP contribution in [0, 0.1) is 0 Å². The molecule has 2 aromatic carbocycles. The molecular weight excluding hydrogens is 418 g/mol. The summed E-state index contributed by atoms with van der Waals surface area (Å²) in [6, 6.07) is 16.0. The van der Waals surface area contributed by atoms with Gasteiger partial charge in [-0.05, 0) is 35.2 Å². The number of carbonyl (C=O) groups is 1. The minimum absolute atomic E-state index is 0.0315. The van der Waals surface area contributed by atoms with Crippen molar-refractivity contribution in [2.75, 3.05) is 23.4 Å². The van der Waals surface area contributed by atoms with Crippen LogP contribution in [0.1, 0.15) is 16.7 Å². The highest BCUT2D eigenvalue weighted by Crippen LogP contribution is 2.34. The third-order valence-electron chi connectivity index (χ3n) is 5.86. The van der Waals surface area contributed by atoms with E-state index in [1.54, 1.807) is 0 Å². The van der Waals surface area contributed by atoms with Gasteiger partial charge in [-0.3, -0.25) is 9.79 Å². The molecule has 8 heteroatoms. The number of nitrogens with one attached hydrogen (secondary N) is 1. The van der Waals surface area contributed by atoms with Crippen molar-refractivity contribution in [1.82, 2.24) is 4.90 Å². The number of nitrogens with zero attached hydrogens (tertiary/aromatic N) is 2. The number of fused-ring (bicyclic) bond motifs is 2. The molecule has 0 saturated carbocycles. The van der Waals surface area contributed by atoms with E-state index in [-0.39, 0.29) is 28.7 Å². The first-order valence-electron chi connectivity index (χ1n) is 10.1. The fraction of sp³-hybridized carbons (Fsp3) is 0.364. The van der Waals surface area contributed by atoms with E-state index in [4.69, 9.17) is 0 Å². The van der Waals surface area contributed by atoms with Crippen molar-refractivity contribution in [3.8, 4) is 0 Å². The van der Waals surface area contributed by atoms with Crippen molar-refractivity contribution >= 4 is 38.4 Å². The van der Waals surface area contributed by atoms with Crippen LogP contribution in [0.25, 0.3) is 0 Å². The Kier molecular flexibility index (Phi) is 5.06. The van der Waals surface area contributed by atoms with Gasteiger partial charge in [-0.25, -0.2) is 8.42 Å². The number of amides is 1. The van der Waals surface area contributed by atoms with Crippen LogP contribution in [0.15, 0.2) is 53.5 Å². The molecule has 0 bridgehead atoms. The highest BCUT2D eigenvalue weighted by atomic mass is 32.2. The standard InChI is InChI=1S/C22H23N3O3S2/c26-21(25-10-9-16-3-1-2-4-17(16)12-25)11-15-5-7-18(8-6-15)23-22-24-19-13-30(27,28)14-20(19)29-22/h1-8,19-20H,9-14H2,(H,23,24)/t19-,20-/m0/s1. The Morgan fingerprint density at radius 1 is 1.10 bits per heavy atom. The second-order valence-electron chi connectivity index (χ2n) is 8.07. The zero-order chi connectivity index (χ0) is 20.7. The second kappa shape index (κ2) is 7.74. The molecule has 0 aromatic heterocycles. The summed E-state index contributed by atoms with van der Waals surface area (Å²) >= 11 is 1.51. The summed E-state index contributed by atoms with van der Waals surface area (Å²) in [5.41, 5.74) is 4.45. The van der Waals surface area contributed by atoms with E-state index in [0.717, 1.165) is 29.4 Å². The molecule has 2 aromatic rings. The summed E-state index contributed by atoms with van der Waals surface area (Å²) in [5.74, 6) is 0.506. The van der Waals surface area contributed by atoms with Crippen LogP contribution in [0.5, 0.6) is 0 Å². The predicted octanol–water partition coefficient (Wildman–Crippen LogP) is 2.49.